The number of benzene rings is 2. The van der Waals surface area contributed by atoms with Crippen LogP contribution in [0.25, 0.3) is 16.9 Å². The van der Waals surface area contributed by atoms with Gasteiger partial charge in [-0.05, 0) is 36.4 Å². The third-order valence-corrected chi connectivity index (χ3v) is 4.76. The number of hydrogen-bond donors (Lipinski definition) is 0. The highest BCUT2D eigenvalue weighted by molar-refractivity contribution is 5.97. The van der Waals surface area contributed by atoms with Crippen molar-refractivity contribution in [1.82, 2.24) is 14.7 Å². The summed E-state index contributed by atoms with van der Waals surface area (Å²) in [5, 5.41) is 4.50. The smallest absolute Gasteiger partial charge is 0.342 e. The molecule has 1 aliphatic heterocycles. The van der Waals surface area contributed by atoms with Gasteiger partial charge >= 0.3 is 5.97 Å². The lowest BCUT2D eigenvalue weighted by Crippen LogP contribution is -2.42. The predicted molar refractivity (Wildman–Crippen MR) is 107 cm³/mol. The molecule has 0 bridgehead atoms. The van der Waals surface area contributed by atoms with Gasteiger partial charge in [0.05, 0.1) is 18.9 Å². The Bertz CT molecular complexity index is 1030. The lowest BCUT2D eigenvalue weighted by molar-refractivity contribution is -0.138. The number of nitrogens with zero attached hydrogens (tertiary/aromatic N) is 3. The van der Waals surface area contributed by atoms with Crippen LogP contribution in [0.15, 0.2) is 60.8 Å². The van der Waals surface area contributed by atoms with Crippen LogP contribution in [0.3, 0.4) is 0 Å². The van der Waals surface area contributed by atoms with E-state index < -0.39 is 5.97 Å². The van der Waals surface area contributed by atoms with Gasteiger partial charge < -0.3 is 14.4 Å². The number of carbonyl (C=O) groups excluding carboxylic acids is 2. The average molecular weight is 409 g/mol. The fourth-order valence-electron chi connectivity index (χ4n) is 3.17. The Morgan fingerprint density at radius 3 is 2.43 bits per heavy atom. The van der Waals surface area contributed by atoms with Crippen LogP contribution in [0.2, 0.25) is 0 Å². The molecule has 0 unspecified atom stereocenters. The summed E-state index contributed by atoms with van der Waals surface area (Å²) >= 11 is 0. The number of carbonyl (C=O) groups is 2. The first-order valence-electron chi connectivity index (χ1n) is 9.55. The molecule has 1 aliphatic rings. The zero-order valence-corrected chi connectivity index (χ0v) is 16.2. The Hall–Kier alpha value is -3.52. The third-order valence-electron chi connectivity index (χ3n) is 4.76. The van der Waals surface area contributed by atoms with Gasteiger partial charge in [-0.1, -0.05) is 18.2 Å². The molecule has 0 spiro atoms. The second-order valence-corrected chi connectivity index (χ2v) is 6.75. The first-order chi connectivity index (χ1) is 14.6. The van der Waals surface area contributed by atoms with E-state index in [1.165, 1.54) is 12.1 Å². The molecule has 0 atom stereocenters. The second kappa shape index (κ2) is 8.87. The number of ether oxygens (including phenoxy) is 2. The monoisotopic (exact) mass is 409 g/mol. The van der Waals surface area contributed by atoms with Gasteiger partial charge in [-0.15, -0.1) is 0 Å². The van der Waals surface area contributed by atoms with E-state index in [2.05, 4.69) is 5.10 Å². The van der Waals surface area contributed by atoms with E-state index in [9.17, 15) is 14.0 Å². The van der Waals surface area contributed by atoms with Gasteiger partial charge in [-0.2, -0.15) is 5.10 Å². The molecule has 1 aromatic heterocycles. The van der Waals surface area contributed by atoms with Crippen LogP contribution in [0.4, 0.5) is 4.39 Å². The molecule has 0 saturated carbocycles. The summed E-state index contributed by atoms with van der Waals surface area (Å²) < 4.78 is 25.4. The van der Waals surface area contributed by atoms with E-state index in [0.29, 0.717) is 37.6 Å². The zero-order chi connectivity index (χ0) is 20.9. The maximum atomic E-state index is 13.3. The summed E-state index contributed by atoms with van der Waals surface area (Å²) in [6.45, 7) is 1.53. The summed E-state index contributed by atoms with van der Waals surface area (Å²) in [5.74, 6) is -1.33. The zero-order valence-electron chi connectivity index (χ0n) is 16.2. The summed E-state index contributed by atoms with van der Waals surface area (Å²) in [6.07, 6.45) is 1.55. The summed E-state index contributed by atoms with van der Waals surface area (Å²) in [6, 6.07) is 15.0. The lowest BCUT2D eigenvalue weighted by atomic mass is 10.1. The van der Waals surface area contributed by atoms with E-state index in [1.54, 1.807) is 27.9 Å². The number of hydrogen-bond acceptors (Lipinski definition) is 5. The normalized spacial score (nSPS) is 13.8. The molecule has 7 nitrogen and oxygen atoms in total. The number of aromatic nitrogens is 2. The molecule has 0 N–H and O–H groups in total. The Morgan fingerprint density at radius 2 is 1.73 bits per heavy atom. The molecule has 8 heteroatoms. The molecule has 2 heterocycles. The van der Waals surface area contributed by atoms with E-state index in [4.69, 9.17) is 9.47 Å². The van der Waals surface area contributed by atoms with Crippen molar-refractivity contribution in [3.05, 3.63) is 72.2 Å². The molecule has 0 radical (unpaired) electrons. The van der Waals surface area contributed by atoms with Gasteiger partial charge in [-0.3, -0.25) is 4.79 Å². The van der Waals surface area contributed by atoms with Crippen LogP contribution in [-0.4, -0.2) is 59.5 Å². The Labute approximate surface area is 172 Å². The fraction of sp³-hybridized carbons (Fsp3) is 0.227. The topological polar surface area (TPSA) is 73.7 Å². The molecule has 154 valence electrons. The highest BCUT2D eigenvalue weighted by atomic mass is 19.1. The molecule has 2 aromatic carbocycles. The molecule has 30 heavy (non-hydrogen) atoms. The van der Waals surface area contributed by atoms with Crippen LogP contribution in [0, 0.1) is 5.82 Å². The molecule has 1 saturated heterocycles. The number of amides is 1. The molecule has 1 fully saturated rings. The van der Waals surface area contributed by atoms with Crippen molar-refractivity contribution < 1.29 is 23.5 Å². The maximum Gasteiger partial charge on any atom is 0.342 e. The highest BCUT2D eigenvalue weighted by Gasteiger charge is 2.23. The molecule has 3 aromatic rings. The minimum Gasteiger partial charge on any atom is -0.452 e. The summed E-state index contributed by atoms with van der Waals surface area (Å²) in [5.41, 5.74) is 1.87. The largest absolute Gasteiger partial charge is 0.452 e. The maximum absolute atomic E-state index is 13.3. The van der Waals surface area contributed by atoms with Crippen LogP contribution in [0.5, 0.6) is 0 Å². The average Bonchev–Trinajstić information content (AvgIpc) is 3.24. The van der Waals surface area contributed by atoms with Crippen molar-refractivity contribution in [3.8, 4) is 16.9 Å². The van der Waals surface area contributed by atoms with Gasteiger partial charge in [0.2, 0.25) is 0 Å². The fourth-order valence-corrected chi connectivity index (χ4v) is 3.17. The van der Waals surface area contributed by atoms with Crippen molar-refractivity contribution in [3.63, 3.8) is 0 Å². The molecular weight excluding hydrogens is 389 g/mol. The van der Waals surface area contributed by atoms with Crippen molar-refractivity contribution in [2.24, 2.45) is 0 Å². The van der Waals surface area contributed by atoms with E-state index in [0.717, 1.165) is 5.69 Å². The van der Waals surface area contributed by atoms with Crippen molar-refractivity contribution in [1.29, 1.82) is 0 Å². The van der Waals surface area contributed by atoms with Gasteiger partial charge in [-0.25, -0.2) is 13.9 Å². The summed E-state index contributed by atoms with van der Waals surface area (Å²) in [4.78, 5) is 26.7. The van der Waals surface area contributed by atoms with Gasteiger partial charge in [0, 0.05) is 24.8 Å². The van der Waals surface area contributed by atoms with Crippen molar-refractivity contribution in [2.75, 3.05) is 32.9 Å². The van der Waals surface area contributed by atoms with Gasteiger partial charge in [0.25, 0.3) is 5.91 Å². The lowest BCUT2D eigenvalue weighted by Gasteiger charge is -2.26. The Morgan fingerprint density at radius 1 is 1.03 bits per heavy atom. The summed E-state index contributed by atoms with van der Waals surface area (Å²) in [7, 11) is 0. The Balaban J connectivity index is 1.58. The molecular formula is C22H20FN3O4. The molecule has 4 rings (SSSR count). The van der Waals surface area contributed by atoms with E-state index in [-0.39, 0.29) is 23.9 Å². The van der Waals surface area contributed by atoms with Crippen LogP contribution >= 0.6 is 0 Å². The van der Waals surface area contributed by atoms with Crippen LogP contribution in [0.1, 0.15) is 10.4 Å². The number of esters is 1. The van der Waals surface area contributed by atoms with Crippen LogP contribution in [-0.2, 0) is 14.3 Å². The van der Waals surface area contributed by atoms with E-state index in [1.807, 2.05) is 30.3 Å². The number of morpholine rings is 1. The quantitative estimate of drug-likeness (QED) is 0.606. The van der Waals surface area contributed by atoms with Crippen LogP contribution < -0.4 is 0 Å². The minimum atomic E-state index is -0.668. The number of halogens is 1. The number of para-hydroxylation sites is 1. The van der Waals surface area contributed by atoms with Gasteiger partial charge in [0.1, 0.15) is 17.1 Å². The predicted octanol–water partition coefficient (Wildman–Crippen LogP) is 2.69. The minimum absolute atomic E-state index is 0.195. The molecule has 0 aliphatic carbocycles. The highest BCUT2D eigenvalue weighted by Crippen LogP contribution is 2.25. The van der Waals surface area contributed by atoms with Crippen molar-refractivity contribution in [2.45, 2.75) is 0 Å². The first-order valence-corrected chi connectivity index (χ1v) is 9.55. The van der Waals surface area contributed by atoms with Crippen molar-refractivity contribution >= 4 is 11.9 Å². The number of rotatable bonds is 5. The van der Waals surface area contributed by atoms with Gasteiger partial charge in [0.15, 0.2) is 6.61 Å². The van der Waals surface area contributed by atoms with E-state index >= 15 is 0 Å². The Kier molecular flexibility index (Phi) is 5.85. The SMILES string of the molecule is O=C(OCC(=O)N1CCOCC1)c1cn(-c2ccccc2)nc1-c1ccc(F)cc1. The standard InChI is InChI=1S/C22H20FN3O4/c23-17-8-6-16(7-9-17)21-19(14-26(24-21)18-4-2-1-3-5-18)22(28)30-15-20(27)25-10-12-29-13-11-25/h1-9,14H,10-13,15H2. The molecule has 1 amide bonds. The third kappa shape index (κ3) is 4.38. The second-order valence-electron chi connectivity index (χ2n) is 6.75. The first kappa shape index (κ1) is 19.8.